The number of benzene rings is 1. The van der Waals surface area contributed by atoms with Crippen molar-refractivity contribution in [3.05, 3.63) is 35.4 Å². The van der Waals surface area contributed by atoms with Gasteiger partial charge in [-0.15, -0.1) is 0 Å². The normalized spacial score (nSPS) is 10.0. The van der Waals surface area contributed by atoms with E-state index in [2.05, 4.69) is 10.5 Å². The summed E-state index contributed by atoms with van der Waals surface area (Å²) in [5, 5.41) is 3.56. The molecule has 0 aliphatic carbocycles. The fourth-order valence-corrected chi connectivity index (χ4v) is 0.831. The molecule has 0 radical (unpaired) electrons. The van der Waals surface area contributed by atoms with Gasteiger partial charge in [-0.1, -0.05) is 24.3 Å². The van der Waals surface area contributed by atoms with Crippen LogP contribution in [0.4, 0.5) is 4.79 Å². The van der Waals surface area contributed by atoms with E-state index >= 15 is 0 Å². The molecule has 1 rings (SSSR count). The van der Waals surface area contributed by atoms with Gasteiger partial charge in [0.1, 0.15) is 6.29 Å². The first-order valence-electron chi connectivity index (χ1n) is 3.86. The second-order valence-corrected chi connectivity index (χ2v) is 2.52. The van der Waals surface area contributed by atoms with Crippen molar-refractivity contribution >= 4 is 18.5 Å². The van der Waals surface area contributed by atoms with Gasteiger partial charge in [0.25, 0.3) is 0 Å². The summed E-state index contributed by atoms with van der Waals surface area (Å²) in [6.07, 6.45) is 2.18. The average Bonchev–Trinajstić information content (AvgIpc) is 2.18. The molecule has 1 aromatic rings. The summed E-state index contributed by atoms with van der Waals surface area (Å²) >= 11 is 0. The summed E-state index contributed by atoms with van der Waals surface area (Å²) in [6.45, 7) is 0. The molecule has 0 aliphatic heterocycles. The van der Waals surface area contributed by atoms with Gasteiger partial charge in [0.15, 0.2) is 0 Å². The third kappa shape index (κ3) is 3.06. The summed E-state index contributed by atoms with van der Waals surface area (Å²) in [7, 11) is 0. The lowest BCUT2D eigenvalue weighted by atomic mass is 10.2. The van der Waals surface area contributed by atoms with Crippen LogP contribution in [-0.4, -0.2) is 18.5 Å². The van der Waals surface area contributed by atoms with E-state index in [-0.39, 0.29) is 0 Å². The van der Waals surface area contributed by atoms with Crippen molar-refractivity contribution in [3.63, 3.8) is 0 Å². The quantitative estimate of drug-likeness (QED) is 0.414. The Hall–Kier alpha value is -2.17. The van der Waals surface area contributed by atoms with Crippen LogP contribution in [0.2, 0.25) is 0 Å². The smallest absolute Gasteiger partial charge is 0.332 e. The lowest BCUT2D eigenvalue weighted by Gasteiger charge is -1.93. The molecule has 0 heterocycles. The van der Waals surface area contributed by atoms with E-state index in [0.29, 0.717) is 5.56 Å². The van der Waals surface area contributed by atoms with Crippen LogP contribution in [0.3, 0.4) is 0 Å². The van der Waals surface area contributed by atoms with E-state index in [4.69, 9.17) is 5.73 Å². The summed E-state index contributed by atoms with van der Waals surface area (Å²) < 4.78 is 0. The van der Waals surface area contributed by atoms with E-state index in [0.717, 1.165) is 11.8 Å². The zero-order chi connectivity index (χ0) is 10.4. The minimum Gasteiger partial charge on any atom is -0.350 e. The number of carbonyl (C=O) groups excluding carboxylic acids is 2. The Morgan fingerprint density at radius 2 is 1.86 bits per heavy atom. The van der Waals surface area contributed by atoms with Crippen LogP contribution in [0.15, 0.2) is 29.4 Å². The van der Waals surface area contributed by atoms with Crippen molar-refractivity contribution in [3.8, 4) is 0 Å². The van der Waals surface area contributed by atoms with E-state index in [1.807, 2.05) is 0 Å². The van der Waals surface area contributed by atoms with Crippen molar-refractivity contribution in [2.45, 2.75) is 0 Å². The first kappa shape index (κ1) is 9.91. The van der Waals surface area contributed by atoms with Gasteiger partial charge < -0.3 is 5.73 Å². The van der Waals surface area contributed by atoms with Gasteiger partial charge in [-0.2, -0.15) is 5.10 Å². The third-order valence-electron chi connectivity index (χ3n) is 1.46. The molecule has 5 heteroatoms. The predicted octanol–water partition coefficient (Wildman–Crippen LogP) is 0.501. The van der Waals surface area contributed by atoms with Crippen molar-refractivity contribution in [2.75, 3.05) is 0 Å². The van der Waals surface area contributed by atoms with Gasteiger partial charge in [0.05, 0.1) is 6.21 Å². The van der Waals surface area contributed by atoms with Gasteiger partial charge in [0, 0.05) is 5.56 Å². The van der Waals surface area contributed by atoms with E-state index in [1.54, 1.807) is 24.3 Å². The molecule has 0 saturated carbocycles. The maximum Gasteiger partial charge on any atom is 0.332 e. The Morgan fingerprint density at radius 1 is 1.29 bits per heavy atom. The topological polar surface area (TPSA) is 84.6 Å². The molecule has 0 fully saturated rings. The van der Waals surface area contributed by atoms with Gasteiger partial charge >= 0.3 is 6.03 Å². The number of hydrazone groups is 1. The summed E-state index contributed by atoms with van der Waals surface area (Å²) in [5.41, 5.74) is 8.21. The Bertz CT molecular complexity index is 357. The first-order chi connectivity index (χ1) is 6.72. The Labute approximate surface area is 80.6 Å². The summed E-state index contributed by atoms with van der Waals surface area (Å²) in [4.78, 5) is 20.6. The van der Waals surface area contributed by atoms with Crippen LogP contribution in [0, 0.1) is 0 Å². The van der Waals surface area contributed by atoms with Gasteiger partial charge in [-0.3, -0.25) is 4.79 Å². The van der Waals surface area contributed by atoms with Crippen molar-refractivity contribution in [1.29, 1.82) is 0 Å². The second kappa shape index (κ2) is 4.76. The van der Waals surface area contributed by atoms with Crippen LogP contribution < -0.4 is 11.2 Å². The van der Waals surface area contributed by atoms with Crippen LogP contribution >= 0.6 is 0 Å². The number of carbonyl (C=O) groups is 2. The number of urea groups is 1. The Kier molecular flexibility index (Phi) is 3.37. The Balaban J connectivity index is 2.63. The highest BCUT2D eigenvalue weighted by atomic mass is 16.2. The highest BCUT2D eigenvalue weighted by Crippen LogP contribution is 1.99. The fraction of sp³-hybridized carbons (Fsp3) is 0. The van der Waals surface area contributed by atoms with Gasteiger partial charge in [-0.05, 0) is 5.56 Å². The van der Waals surface area contributed by atoms with E-state index < -0.39 is 6.03 Å². The van der Waals surface area contributed by atoms with Crippen LogP contribution in [0.5, 0.6) is 0 Å². The molecule has 5 nitrogen and oxygen atoms in total. The van der Waals surface area contributed by atoms with Gasteiger partial charge in [-0.25, -0.2) is 10.2 Å². The molecule has 0 saturated heterocycles. The van der Waals surface area contributed by atoms with Crippen molar-refractivity contribution in [2.24, 2.45) is 10.8 Å². The number of nitrogens with one attached hydrogen (secondary N) is 1. The summed E-state index contributed by atoms with van der Waals surface area (Å²) in [5.74, 6) is 0. The molecule has 0 atom stereocenters. The fourth-order valence-electron chi connectivity index (χ4n) is 0.831. The maximum atomic E-state index is 10.3. The zero-order valence-corrected chi connectivity index (χ0v) is 7.31. The molecule has 72 valence electrons. The summed E-state index contributed by atoms with van der Waals surface area (Å²) in [6, 6.07) is 5.99. The Morgan fingerprint density at radius 3 is 2.36 bits per heavy atom. The van der Waals surface area contributed by atoms with Crippen molar-refractivity contribution in [1.82, 2.24) is 5.43 Å². The molecular weight excluding hydrogens is 182 g/mol. The standard InChI is InChI=1S/C9H9N3O2/c10-9(14)12-11-5-7-1-3-8(6-13)4-2-7/h1-6H,(H3,10,12,14)/b11-5+. The molecule has 2 amide bonds. The highest BCUT2D eigenvalue weighted by molar-refractivity contribution is 5.83. The number of amides is 2. The zero-order valence-electron chi connectivity index (χ0n) is 7.31. The number of hydrogen-bond acceptors (Lipinski definition) is 3. The number of rotatable bonds is 3. The molecule has 1 aromatic carbocycles. The third-order valence-corrected chi connectivity index (χ3v) is 1.46. The molecule has 0 bridgehead atoms. The lowest BCUT2D eigenvalue weighted by molar-refractivity contribution is 0.112. The molecule has 0 unspecified atom stereocenters. The average molecular weight is 191 g/mol. The molecule has 0 aromatic heterocycles. The number of aldehydes is 1. The number of primary amides is 1. The molecule has 0 spiro atoms. The molecular formula is C9H9N3O2. The van der Waals surface area contributed by atoms with E-state index in [1.165, 1.54) is 6.21 Å². The minimum absolute atomic E-state index is 0.588. The largest absolute Gasteiger partial charge is 0.350 e. The van der Waals surface area contributed by atoms with Crippen LogP contribution in [0.25, 0.3) is 0 Å². The van der Waals surface area contributed by atoms with Gasteiger partial charge in [0.2, 0.25) is 0 Å². The molecule has 14 heavy (non-hydrogen) atoms. The predicted molar refractivity (Wildman–Crippen MR) is 52.1 cm³/mol. The lowest BCUT2D eigenvalue weighted by Crippen LogP contribution is -2.24. The molecule has 0 aliphatic rings. The van der Waals surface area contributed by atoms with E-state index in [9.17, 15) is 9.59 Å². The number of nitrogens with two attached hydrogens (primary N) is 1. The maximum absolute atomic E-state index is 10.3. The number of nitrogens with zero attached hydrogens (tertiary/aromatic N) is 1. The first-order valence-corrected chi connectivity index (χ1v) is 3.86. The minimum atomic E-state index is -0.717. The number of hydrogen-bond donors (Lipinski definition) is 2. The SMILES string of the molecule is NC(=O)N/N=C/c1ccc(C=O)cc1. The van der Waals surface area contributed by atoms with Crippen molar-refractivity contribution < 1.29 is 9.59 Å². The monoisotopic (exact) mass is 191 g/mol. The van der Waals surface area contributed by atoms with Crippen LogP contribution in [-0.2, 0) is 0 Å². The van der Waals surface area contributed by atoms with Crippen LogP contribution in [0.1, 0.15) is 15.9 Å². The second-order valence-electron chi connectivity index (χ2n) is 2.52. The molecule has 3 N–H and O–H groups in total. The highest BCUT2D eigenvalue weighted by Gasteiger charge is 1.90.